The van der Waals surface area contributed by atoms with Gasteiger partial charge in [0.15, 0.2) is 0 Å². The van der Waals surface area contributed by atoms with Gasteiger partial charge in [0.25, 0.3) is 0 Å². The Morgan fingerprint density at radius 2 is 1.93 bits per heavy atom. The van der Waals surface area contributed by atoms with Crippen LogP contribution in [0.2, 0.25) is 0 Å². The summed E-state index contributed by atoms with van der Waals surface area (Å²) in [5.74, 6) is 1.25. The van der Waals surface area contributed by atoms with E-state index in [1.807, 2.05) is 0 Å². The number of nitrogens with zero attached hydrogens (tertiary/aromatic N) is 1. The van der Waals surface area contributed by atoms with Crippen molar-refractivity contribution < 1.29 is 9.18 Å². The van der Waals surface area contributed by atoms with Gasteiger partial charge in [0.05, 0.1) is 18.2 Å². The molecule has 27 heavy (non-hydrogen) atoms. The van der Waals surface area contributed by atoms with Crippen molar-refractivity contribution in [2.24, 2.45) is 29.4 Å². The van der Waals surface area contributed by atoms with Crippen LogP contribution in [-0.2, 0) is 4.79 Å². The molecule has 4 aliphatic rings. The number of rotatable bonds is 3. The van der Waals surface area contributed by atoms with Gasteiger partial charge in [-0.25, -0.2) is 14.8 Å². The van der Waals surface area contributed by atoms with Gasteiger partial charge < -0.3 is 21.7 Å². The van der Waals surface area contributed by atoms with Gasteiger partial charge in [0, 0.05) is 25.7 Å². The number of nitrogens with two attached hydrogens (primary N) is 1. The van der Waals surface area contributed by atoms with Crippen LogP contribution in [-0.4, -0.2) is 74.7 Å². The van der Waals surface area contributed by atoms with Gasteiger partial charge >= 0.3 is 0 Å². The molecule has 4 fully saturated rings. The van der Waals surface area contributed by atoms with Gasteiger partial charge in [-0.1, -0.05) is 6.92 Å². The van der Waals surface area contributed by atoms with E-state index in [-0.39, 0.29) is 31.2 Å². The maximum atomic E-state index is 13.6. The zero-order valence-corrected chi connectivity index (χ0v) is 16.1. The molecule has 1 amide bonds. The molecule has 0 spiro atoms. The van der Waals surface area contributed by atoms with E-state index in [1.54, 1.807) is 5.01 Å². The third-order valence-corrected chi connectivity index (χ3v) is 6.92. The lowest BCUT2D eigenvalue weighted by atomic mass is 9.72. The first-order valence-corrected chi connectivity index (χ1v) is 10.4. The molecule has 4 rings (SSSR count). The Bertz CT molecular complexity index is 538. The molecule has 154 valence electrons. The molecule has 8 unspecified atom stereocenters. The molecule has 0 aromatic carbocycles. The highest BCUT2D eigenvalue weighted by Crippen LogP contribution is 2.32. The molecule has 7 N–H and O–H groups in total. The summed E-state index contributed by atoms with van der Waals surface area (Å²) in [7, 11) is 0. The first-order chi connectivity index (χ1) is 13.0. The summed E-state index contributed by atoms with van der Waals surface area (Å²) >= 11 is 0. The van der Waals surface area contributed by atoms with Crippen LogP contribution < -0.4 is 32.4 Å². The molecule has 0 aromatic heterocycles. The lowest BCUT2D eigenvalue weighted by Crippen LogP contribution is -2.61. The van der Waals surface area contributed by atoms with Crippen molar-refractivity contribution in [2.45, 2.75) is 44.3 Å². The van der Waals surface area contributed by atoms with Crippen molar-refractivity contribution in [3.8, 4) is 0 Å². The molecule has 0 saturated carbocycles. The number of fused-ring (bicyclic) bond motifs is 1. The molecule has 8 atom stereocenters. The fraction of sp³-hybridized carbons (Fsp3) is 0.944. The van der Waals surface area contributed by atoms with Gasteiger partial charge in [-0.05, 0) is 50.2 Å². The number of carbonyl (C=O) groups is 1. The molecule has 0 bridgehead atoms. The van der Waals surface area contributed by atoms with E-state index in [2.05, 4.69) is 33.6 Å². The largest absolute Gasteiger partial charge is 0.351 e. The Labute approximate surface area is 160 Å². The number of halogens is 1. The highest BCUT2D eigenvalue weighted by atomic mass is 19.1. The average molecular weight is 384 g/mol. The van der Waals surface area contributed by atoms with E-state index in [1.165, 1.54) is 6.42 Å². The quantitative estimate of drug-likeness (QED) is 0.346. The number of amides is 1. The number of piperidine rings is 2. The number of alkyl halides is 1. The molecule has 9 heteroatoms. The third-order valence-electron chi connectivity index (χ3n) is 6.92. The van der Waals surface area contributed by atoms with Crippen LogP contribution in [0.4, 0.5) is 4.39 Å². The zero-order chi connectivity index (χ0) is 19.0. The lowest BCUT2D eigenvalue weighted by molar-refractivity contribution is -0.128. The van der Waals surface area contributed by atoms with E-state index in [9.17, 15) is 9.18 Å². The second kappa shape index (κ2) is 8.26. The minimum atomic E-state index is -0.949. The topological polar surface area (TPSA) is 106 Å². The minimum Gasteiger partial charge on any atom is -0.351 e. The molecule has 0 radical (unpaired) electrons. The van der Waals surface area contributed by atoms with Crippen molar-refractivity contribution in [3.63, 3.8) is 0 Å². The van der Waals surface area contributed by atoms with E-state index in [0.29, 0.717) is 17.8 Å². The normalized spacial score (nSPS) is 46.0. The molecular weight excluding hydrogens is 349 g/mol. The van der Waals surface area contributed by atoms with Crippen molar-refractivity contribution >= 4 is 5.91 Å². The average Bonchev–Trinajstić information content (AvgIpc) is 2.97. The van der Waals surface area contributed by atoms with Gasteiger partial charge in [0.2, 0.25) is 5.91 Å². The number of hydrazine groups is 1. The second-order valence-corrected chi connectivity index (χ2v) is 8.69. The van der Waals surface area contributed by atoms with Gasteiger partial charge in [-0.3, -0.25) is 10.1 Å². The number of carbonyl (C=O) groups excluding carboxylic acids is 1. The fourth-order valence-electron chi connectivity index (χ4n) is 5.39. The number of hydrogen-bond donors (Lipinski definition) is 6. The van der Waals surface area contributed by atoms with Gasteiger partial charge in [-0.2, -0.15) is 0 Å². The van der Waals surface area contributed by atoms with Crippen LogP contribution in [0, 0.1) is 23.7 Å². The van der Waals surface area contributed by atoms with Crippen LogP contribution in [0.5, 0.6) is 0 Å². The van der Waals surface area contributed by atoms with Crippen LogP contribution >= 0.6 is 0 Å². The molecule has 4 heterocycles. The number of hydrogen-bond acceptors (Lipinski definition) is 7. The SMILES string of the molecule is CC1CCNCC1C1CCNCC1NC(=O)C1C(N)NN2CC(F)CNC12. The summed E-state index contributed by atoms with van der Waals surface area (Å²) in [6, 6.07) is 0.109. The maximum Gasteiger partial charge on any atom is 0.229 e. The van der Waals surface area contributed by atoms with E-state index < -0.39 is 18.3 Å². The first-order valence-electron chi connectivity index (χ1n) is 10.4. The van der Waals surface area contributed by atoms with Crippen molar-refractivity contribution in [2.75, 3.05) is 39.3 Å². The highest BCUT2D eigenvalue weighted by Gasteiger charge is 2.48. The van der Waals surface area contributed by atoms with Crippen LogP contribution in [0.25, 0.3) is 0 Å². The second-order valence-electron chi connectivity index (χ2n) is 8.69. The fourth-order valence-corrected chi connectivity index (χ4v) is 5.39. The lowest BCUT2D eigenvalue weighted by Gasteiger charge is -2.43. The van der Waals surface area contributed by atoms with E-state index >= 15 is 0 Å². The Kier molecular flexibility index (Phi) is 5.96. The molecule has 4 saturated heterocycles. The molecule has 4 aliphatic heterocycles. The standard InChI is InChI=1S/C18H34FN7O/c1-10-2-4-21-7-13(10)12-3-5-22-8-14(12)24-18(27)15-16(20)25-26-9-11(19)6-23-17(15)26/h10-17,21-23,25H,2-9,20H2,1H3,(H,24,27). The summed E-state index contributed by atoms with van der Waals surface area (Å²) in [6.07, 6.45) is 0.566. The molecule has 0 aromatic rings. The predicted molar refractivity (Wildman–Crippen MR) is 101 cm³/mol. The van der Waals surface area contributed by atoms with Crippen molar-refractivity contribution in [3.05, 3.63) is 0 Å². The zero-order valence-electron chi connectivity index (χ0n) is 16.1. The molecule has 8 nitrogen and oxygen atoms in total. The molecule has 0 aliphatic carbocycles. The summed E-state index contributed by atoms with van der Waals surface area (Å²) < 4.78 is 13.6. The molecular formula is C18H34FN7O. The van der Waals surface area contributed by atoms with Crippen LogP contribution in [0.1, 0.15) is 19.8 Å². The Balaban J connectivity index is 1.42. The van der Waals surface area contributed by atoms with Crippen LogP contribution in [0.3, 0.4) is 0 Å². The van der Waals surface area contributed by atoms with Crippen molar-refractivity contribution in [1.29, 1.82) is 0 Å². The Morgan fingerprint density at radius 1 is 1.15 bits per heavy atom. The highest BCUT2D eigenvalue weighted by molar-refractivity contribution is 5.80. The predicted octanol–water partition coefficient (Wildman–Crippen LogP) is -1.69. The van der Waals surface area contributed by atoms with Gasteiger partial charge in [-0.15, -0.1) is 0 Å². The summed E-state index contributed by atoms with van der Waals surface area (Å²) in [5.41, 5.74) is 9.25. The smallest absolute Gasteiger partial charge is 0.229 e. The maximum absolute atomic E-state index is 13.6. The van der Waals surface area contributed by atoms with E-state index in [0.717, 1.165) is 32.6 Å². The van der Waals surface area contributed by atoms with E-state index in [4.69, 9.17) is 5.73 Å². The Morgan fingerprint density at radius 3 is 2.74 bits per heavy atom. The summed E-state index contributed by atoms with van der Waals surface area (Å²) in [5, 5.41) is 15.1. The number of nitrogens with one attached hydrogen (secondary N) is 5. The summed E-state index contributed by atoms with van der Waals surface area (Å²) in [4.78, 5) is 13.1. The van der Waals surface area contributed by atoms with Gasteiger partial charge in [0.1, 0.15) is 6.17 Å². The summed E-state index contributed by atoms with van der Waals surface area (Å²) in [6.45, 7) is 6.76. The monoisotopic (exact) mass is 383 g/mol. The Hall–Kier alpha value is -0.840. The van der Waals surface area contributed by atoms with Crippen LogP contribution in [0.15, 0.2) is 0 Å². The van der Waals surface area contributed by atoms with Crippen molar-refractivity contribution in [1.82, 2.24) is 31.7 Å². The third kappa shape index (κ3) is 3.99. The first kappa shape index (κ1) is 19.5. The minimum absolute atomic E-state index is 0.0394.